The molecule has 1 aromatic carbocycles. The Morgan fingerprint density at radius 3 is 2.81 bits per heavy atom. The summed E-state index contributed by atoms with van der Waals surface area (Å²) < 4.78 is 1.57. The lowest BCUT2D eigenvalue weighted by atomic mass is 10.1. The molecular formula is C11H11N5. The predicted molar refractivity (Wildman–Crippen MR) is 58.7 cm³/mol. The van der Waals surface area contributed by atoms with Crippen molar-refractivity contribution in [3.05, 3.63) is 42.0 Å². The third-order valence-electron chi connectivity index (χ3n) is 2.27. The Morgan fingerprint density at radius 1 is 1.44 bits per heavy atom. The molecule has 5 heteroatoms. The van der Waals surface area contributed by atoms with Crippen molar-refractivity contribution >= 4 is 0 Å². The Labute approximate surface area is 93.1 Å². The highest BCUT2D eigenvalue weighted by Crippen LogP contribution is 2.18. The number of hydrogen-bond donors (Lipinski definition) is 1. The first kappa shape index (κ1) is 10.3. The van der Waals surface area contributed by atoms with Gasteiger partial charge in [-0.15, -0.1) is 5.10 Å². The van der Waals surface area contributed by atoms with Crippen LogP contribution in [0.3, 0.4) is 0 Å². The van der Waals surface area contributed by atoms with Crippen LogP contribution in [0.5, 0.6) is 0 Å². The van der Waals surface area contributed by atoms with Crippen molar-refractivity contribution in [2.45, 2.75) is 13.0 Å². The molecule has 0 saturated heterocycles. The van der Waals surface area contributed by atoms with E-state index >= 15 is 0 Å². The summed E-state index contributed by atoms with van der Waals surface area (Å²) in [6.45, 7) is 1.90. The van der Waals surface area contributed by atoms with Gasteiger partial charge in [0.25, 0.3) is 5.82 Å². The fraction of sp³-hybridized carbons (Fsp3) is 0.182. The van der Waals surface area contributed by atoms with Crippen molar-refractivity contribution in [2.75, 3.05) is 0 Å². The second-order valence-electron chi connectivity index (χ2n) is 3.47. The number of rotatable bonds is 2. The molecule has 0 bridgehead atoms. The van der Waals surface area contributed by atoms with Crippen LogP contribution in [-0.4, -0.2) is 14.8 Å². The molecule has 0 radical (unpaired) electrons. The van der Waals surface area contributed by atoms with Gasteiger partial charge in [0.2, 0.25) is 0 Å². The SMILES string of the molecule is C[C@H](N)c1ccccc1-n1cnc(C#N)n1. The third kappa shape index (κ3) is 1.78. The minimum atomic E-state index is -0.0917. The Bertz CT molecular complexity index is 535. The Balaban J connectivity index is 2.52. The molecule has 1 aromatic heterocycles. The maximum atomic E-state index is 8.66. The molecule has 0 saturated carbocycles. The summed E-state index contributed by atoms with van der Waals surface area (Å²) in [5.74, 6) is 0.152. The molecule has 2 aromatic rings. The van der Waals surface area contributed by atoms with E-state index in [0.717, 1.165) is 11.3 Å². The van der Waals surface area contributed by atoms with Crippen LogP contribution < -0.4 is 5.73 Å². The first-order valence-electron chi connectivity index (χ1n) is 4.89. The van der Waals surface area contributed by atoms with Crippen molar-refractivity contribution in [1.29, 1.82) is 5.26 Å². The Morgan fingerprint density at radius 2 is 2.19 bits per heavy atom. The molecule has 1 heterocycles. The maximum absolute atomic E-state index is 8.66. The number of aromatic nitrogens is 3. The van der Waals surface area contributed by atoms with Crippen LogP contribution in [0.1, 0.15) is 24.4 Å². The zero-order valence-electron chi connectivity index (χ0n) is 8.83. The number of nitrogens with zero attached hydrogens (tertiary/aromatic N) is 4. The molecule has 0 aliphatic heterocycles. The van der Waals surface area contributed by atoms with E-state index in [1.54, 1.807) is 4.68 Å². The molecule has 2 rings (SSSR count). The summed E-state index contributed by atoms with van der Waals surface area (Å²) in [6, 6.07) is 9.45. The Hall–Kier alpha value is -2.19. The number of nitriles is 1. The van der Waals surface area contributed by atoms with E-state index in [-0.39, 0.29) is 11.9 Å². The fourth-order valence-electron chi connectivity index (χ4n) is 1.51. The van der Waals surface area contributed by atoms with Crippen LogP contribution in [0.15, 0.2) is 30.6 Å². The largest absolute Gasteiger partial charge is 0.324 e. The minimum Gasteiger partial charge on any atom is -0.324 e. The van der Waals surface area contributed by atoms with Crippen molar-refractivity contribution in [3.63, 3.8) is 0 Å². The molecule has 16 heavy (non-hydrogen) atoms. The van der Waals surface area contributed by atoms with Gasteiger partial charge in [0, 0.05) is 6.04 Å². The quantitative estimate of drug-likeness (QED) is 0.811. The van der Waals surface area contributed by atoms with Crippen LogP contribution >= 0.6 is 0 Å². The number of nitrogens with two attached hydrogens (primary N) is 1. The summed E-state index contributed by atoms with van der Waals surface area (Å²) in [7, 11) is 0. The minimum absolute atomic E-state index is 0.0917. The molecule has 0 amide bonds. The van der Waals surface area contributed by atoms with Gasteiger partial charge < -0.3 is 5.73 Å². The van der Waals surface area contributed by atoms with Crippen molar-refractivity contribution in [3.8, 4) is 11.8 Å². The molecule has 0 aliphatic rings. The second-order valence-corrected chi connectivity index (χ2v) is 3.47. The van der Waals surface area contributed by atoms with Gasteiger partial charge in [-0.05, 0) is 18.6 Å². The average Bonchev–Trinajstić information content (AvgIpc) is 2.77. The van der Waals surface area contributed by atoms with Crippen molar-refractivity contribution in [1.82, 2.24) is 14.8 Å². The van der Waals surface area contributed by atoms with E-state index in [1.807, 2.05) is 37.3 Å². The number of benzene rings is 1. The van der Waals surface area contributed by atoms with Crippen LogP contribution in [0.2, 0.25) is 0 Å². The van der Waals surface area contributed by atoms with Crippen LogP contribution in [-0.2, 0) is 0 Å². The molecule has 0 fully saturated rings. The molecule has 0 unspecified atom stereocenters. The van der Waals surface area contributed by atoms with E-state index in [4.69, 9.17) is 11.0 Å². The summed E-state index contributed by atoms with van der Waals surface area (Å²) in [5, 5.41) is 12.7. The van der Waals surface area contributed by atoms with Crippen LogP contribution in [0.25, 0.3) is 5.69 Å². The lowest BCUT2D eigenvalue weighted by Gasteiger charge is -2.11. The molecular weight excluding hydrogens is 202 g/mol. The van der Waals surface area contributed by atoms with Gasteiger partial charge in [0.05, 0.1) is 5.69 Å². The number of para-hydroxylation sites is 1. The van der Waals surface area contributed by atoms with Gasteiger partial charge in [-0.1, -0.05) is 18.2 Å². The van der Waals surface area contributed by atoms with E-state index < -0.39 is 0 Å². The zero-order chi connectivity index (χ0) is 11.5. The summed E-state index contributed by atoms with van der Waals surface area (Å²) in [6.07, 6.45) is 1.51. The molecule has 2 N–H and O–H groups in total. The monoisotopic (exact) mass is 213 g/mol. The normalized spacial score (nSPS) is 12.1. The Kier molecular flexibility index (Phi) is 2.66. The smallest absolute Gasteiger partial charge is 0.252 e. The van der Waals surface area contributed by atoms with E-state index in [1.165, 1.54) is 6.33 Å². The molecule has 80 valence electrons. The van der Waals surface area contributed by atoms with Crippen molar-refractivity contribution in [2.24, 2.45) is 5.73 Å². The standard InChI is InChI=1S/C11H11N5/c1-8(13)9-4-2-3-5-10(9)16-7-14-11(6-12)15-16/h2-5,7-8H,13H2,1H3/t8-/m0/s1. The third-order valence-corrected chi connectivity index (χ3v) is 2.27. The van der Waals surface area contributed by atoms with Gasteiger partial charge in [-0.2, -0.15) is 5.26 Å². The summed E-state index contributed by atoms with van der Waals surface area (Å²) in [5.41, 5.74) is 7.69. The van der Waals surface area contributed by atoms with Crippen molar-refractivity contribution < 1.29 is 0 Å². The molecule has 1 atom stereocenters. The fourth-order valence-corrected chi connectivity index (χ4v) is 1.51. The van der Waals surface area contributed by atoms with E-state index in [2.05, 4.69) is 10.1 Å². The van der Waals surface area contributed by atoms with Gasteiger partial charge in [-0.3, -0.25) is 0 Å². The van der Waals surface area contributed by atoms with E-state index in [9.17, 15) is 0 Å². The predicted octanol–water partition coefficient (Wildman–Crippen LogP) is 1.16. The lowest BCUT2D eigenvalue weighted by Crippen LogP contribution is -2.10. The first-order chi connectivity index (χ1) is 7.72. The first-order valence-corrected chi connectivity index (χ1v) is 4.89. The van der Waals surface area contributed by atoms with Crippen LogP contribution in [0.4, 0.5) is 0 Å². The highest BCUT2D eigenvalue weighted by atomic mass is 15.3. The zero-order valence-corrected chi connectivity index (χ0v) is 8.83. The maximum Gasteiger partial charge on any atom is 0.252 e. The molecule has 0 spiro atoms. The van der Waals surface area contributed by atoms with Crippen LogP contribution in [0, 0.1) is 11.3 Å². The number of hydrogen-bond acceptors (Lipinski definition) is 4. The second kappa shape index (κ2) is 4.13. The topological polar surface area (TPSA) is 80.5 Å². The molecule has 5 nitrogen and oxygen atoms in total. The highest BCUT2D eigenvalue weighted by Gasteiger charge is 2.09. The summed E-state index contributed by atoms with van der Waals surface area (Å²) >= 11 is 0. The molecule has 0 aliphatic carbocycles. The van der Waals surface area contributed by atoms with Gasteiger partial charge >= 0.3 is 0 Å². The summed E-state index contributed by atoms with van der Waals surface area (Å²) in [4.78, 5) is 3.86. The highest BCUT2D eigenvalue weighted by molar-refractivity contribution is 5.41. The van der Waals surface area contributed by atoms with Gasteiger partial charge in [-0.25, -0.2) is 9.67 Å². The lowest BCUT2D eigenvalue weighted by molar-refractivity contribution is 0.779. The van der Waals surface area contributed by atoms with E-state index in [0.29, 0.717) is 0 Å². The van der Waals surface area contributed by atoms with Gasteiger partial charge in [0.1, 0.15) is 12.4 Å². The van der Waals surface area contributed by atoms with Gasteiger partial charge in [0.15, 0.2) is 0 Å². The average molecular weight is 213 g/mol.